The van der Waals surface area contributed by atoms with Gasteiger partial charge in [-0.1, -0.05) is 31.2 Å². The largest absolute Gasteiger partial charge is 0.491 e. The minimum atomic E-state index is -0.684. The molecule has 2 atom stereocenters. The van der Waals surface area contributed by atoms with Crippen molar-refractivity contribution in [2.75, 3.05) is 38.2 Å². The second-order valence-corrected chi connectivity index (χ2v) is 10.1. The van der Waals surface area contributed by atoms with Gasteiger partial charge in [0.05, 0.1) is 12.3 Å². The number of aliphatic hydroxyl groups excluding tert-OH is 1. The van der Waals surface area contributed by atoms with Gasteiger partial charge >= 0.3 is 0 Å². The Bertz CT molecular complexity index is 1080. The van der Waals surface area contributed by atoms with E-state index in [0.717, 1.165) is 36.8 Å². The maximum Gasteiger partial charge on any atom is 0.240 e. The lowest BCUT2D eigenvalue weighted by atomic mass is 9.94. The Morgan fingerprint density at radius 1 is 1.16 bits per heavy atom. The van der Waals surface area contributed by atoms with Crippen LogP contribution in [0.25, 0.3) is 0 Å². The molecule has 2 aromatic rings. The lowest BCUT2D eigenvalue weighted by Gasteiger charge is -2.19. The van der Waals surface area contributed by atoms with Crippen molar-refractivity contribution in [2.24, 2.45) is 16.9 Å². The van der Waals surface area contributed by atoms with E-state index in [1.54, 1.807) is 0 Å². The number of carbonyl (C=O) groups excluding carboxylic acids is 2. The van der Waals surface area contributed by atoms with E-state index in [2.05, 4.69) is 21.2 Å². The Hall–Kier alpha value is -3.27. The van der Waals surface area contributed by atoms with E-state index in [9.17, 15) is 14.7 Å². The van der Waals surface area contributed by atoms with Crippen molar-refractivity contribution in [3.05, 3.63) is 59.7 Å². The Labute approximate surface area is 224 Å². The van der Waals surface area contributed by atoms with Gasteiger partial charge in [-0.3, -0.25) is 9.59 Å². The Morgan fingerprint density at radius 2 is 1.92 bits per heavy atom. The molecule has 0 bridgehead atoms. The molecular weight excluding hydrogens is 484 g/mol. The molecular formula is C29H38N4O5. The zero-order valence-corrected chi connectivity index (χ0v) is 21.9. The fourth-order valence-electron chi connectivity index (χ4n) is 4.15. The summed E-state index contributed by atoms with van der Waals surface area (Å²) in [6, 6.07) is 15.3. The van der Waals surface area contributed by atoms with Gasteiger partial charge in [0.25, 0.3) is 0 Å². The number of nitrogens with zero attached hydrogens (tertiary/aromatic N) is 1. The maximum absolute atomic E-state index is 12.3. The van der Waals surface area contributed by atoms with Crippen LogP contribution in [0.3, 0.4) is 0 Å². The molecule has 2 aliphatic rings. The number of hydrogen-bond acceptors (Lipinski definition) is 7. The molecule has 9 heteroatoms. The summed E-state index contributed by atoms with van der Waals surface area (Å²) in [7, 11) is 0. The van der Waals surface area contributed by atoms with Crippen LogP contribution in [-0.2, 0) is 20.7 Å². The summed E-state index contributed by atoms with van der Waals surface area (Å²) in [6.45, 7) is 4.52. The van der Waals surface area contributed by atoms with Gasteiger partial charge < -0.3 is 25.2 Å². The van der Waals surface area contributed by atoms with Crippen molar-refractivity contribution in [1.82, 2.24) is 10.7 Å². The highest BCUT2D eigenvalue weighted by Gasteiger charge is 2.22. The third-order valence-corrected chi connectivity index (χ3v) is 6.58. The smallest absolute Gasteiger partial charge is 0.240 e. The van der Waals surface area contributed by atoms with Gasteiger partial charge in [0.2, 0.25) is 11.8 Å². The van der Waals surface area contributed by atoms with Crippen LogP contribution in [-0.4, -0.2) is 61.6 Å². The lowest BCUT2D eigenvalue weighted by Crippen LogP contribution is -2.33. The summed E-state index contributed by atoms with van der Waals surface area (Å²) in [5.41, 5.74) is 6.15. The number of amides is 2. The van der Waals surface area contributed by atoms with Gasteiger partial charge in [0.15, 0.2) is 0 Å². The molecule has 2 aromatic carbocycles. The molecule has 9 nitrogen and oxygen atoms in total. The summed E-state index contributed by atoms with van der Waals surface area (Å²) < 4.78 is 11.4. The molecule has 1 saturated carbocycles. The number of hydrogen-bond donors (Lipinski definition) is 4. The number of ether oxygens (including phenoxy) is 2. The molecule has 0 spiro atoms. The standard InChI is InChI=1S/C29H38N4O5/c1-20-16-28(36)32-33-29(20)23-6-8-24(9-7-23)31-27(35)12-14-30-17-25(34)19-38-26-10-4-21(5-11-26)13-15-37-18-22-2-3-22/h4-11,20,22,25,30,34H,2-3,12-19H2,1H3,(H,31,35)(H,32,36)/t20-,25+/m1/s1. The predicted octanol–water partition coefficient (Wildman–Crippen LogP) is 2.87. The van der Waals surface area contributed by atoms with E-state index in [4.69, 9.17) is 9.47 Å². The van der Waals surface area contributed by atoms with Crippen LogP contribution >= 0.6 is 0 Å². The van der Waals surface area contributed by atoms with E-state index in [1.807, 2.05) is 55.5 Å². The van der Waals surface area contributed by atoms with E-state index in [-0.39, 0.29) is 30.8 Å². The lowest BCUT2D eigenvalue weighted by molar-refractivity contribution is -0.122. The normalized spacial score (nSPS) is 17.9. The van der Waals surface area contributed by atoms with Crippen molar-refractivity contribution < 1.29 is 24.2 Å². The highest BCUT2D eigenvalue weighted by atomic mass is 16.5. The molecule has 4 N–H and O–H groups in total. The van der Waals surface area contributed by atoms with E-state index < -0.39 is 6.10 Å². The fourth-order valence-corrected chi connectivity index (χ4v) is 4.15. The number of nitrogens with one attached hydrogen (secondary N) is 3. The van der Waals surface area contributed by atoms with Gasteiger partial charge in [-0.05, 0) is 60.6 Å². The minimum absolute atomic E-state index is 0.0445. The summed E-state index contributed by atoms with van der Waals surface area (Å²) >= 11 is 0. The van der Waals surface area contributed by atoms with Gasteiger partial charge in [0.1, 0.15) is 18.5 Å². The predicted molar refractivity (Wildman–Crippen MR) is 146 cm³/mol. The molecule has 1 aliphatic carbocycles. The highest BCUT2D eigenvalue weighted by Crippen LogP contribution is 2.28. The van der Waals surface area contributed by atoms with Crippen LogP contribution in [0.5, 0.6) is 5.75 Å². The molecule has 1 aliphatic heterocycles. The first-order valence-electron chi connectivity index (χ1n) is 13.4. The second-order valence-electron chi connectivity index (χ2n) is 10.1. The number of rotatable bonds is 15. The van der Waals surface area contributed by atoms with Gasteiger partial charge in [0, 0.05) is 44.1 Å². The number of aliphatic hydroxyl groups is 1. The van der Waals surface area contributed by atoms with Gasteiger partial charge in [-0.2, -0.15) is 5.10 Å². The van der Waals surface area contributed by atoms with Crippen LogP contribution < -0.4 is 20.8 Å². The van der Waals surface area contributed by atoms with Crippen LogP contribution in [0.15, 0.2) is 53.6 Å². The average Bonchev–Trinajstić information content (AvgIpc) is 3.74. The average molecular weight is 523 g/mol. The van der Waals surface area contributed by atoms with E-state index in [1.165, 1.54) is 18.4 Å². The zero-order valence-electron chi connectivity index (χ0n) is 21.9. The van der Waals surface area contributed by atoms with Crippen LogP contribution in [0, 0.1) is 11.8 Å². The molecule has 1 fully saturated rings. The molecule has 4 rings (SSSR count). The highest BCUT2D eigenvalue weighted by molar-refractivity contribution is 6.06. The van der Waals surface area contributed by atoms with Crippen molar-refractivity contribution in [3.8, 4) is 5.75 Å². The Morgan fingerprint density at radius 3 is 2.63 bits per heavy atom. The second kappa shape index (κ2) is 14.0. The fraction of sp³-hybridized carbons (Fsp3) is 0.483. The molecule has 38 heavy (non-hydrogen) atoms. The summed E-state index contributed by atoms with van der Waals surface area (Å²) in [5.74, 6) is 1.34. The minimum Gasteiger partial charge on any atom is -0.491 e. The van der Waals surface area contributed by atoms with E-state index >= 15 is 0 Å². The van der Waals surface area contributed by atoms with Crippen LogP contribution in [0.1, 0.15) is 43.7 Å². The monoisotopic (exact) mass is 522 g/mol. The maximum atomic E-state index is 12.3. The third-order valence-electron chi connectivity index (χ3n) is 6.58. The first kappa shape index (κ1) is 27.8. The quantitative estimate of drug-likeness (QED) is 0.267. The number of carbonyl (C=O) groups is 2. The summed E-state index contributed by atoms with van der Waals surface area (Å²) in [5, 5.41) is 20.3. The molecule has 1 heterocycles. The molecule has 0 unspecified atom stereocenters. The van der Waals surface area contributed by atoms with Crippen molar-refractivity contribution in [1.29, 1.82) is 0 Å². The van der Waals surface area contributed by atoms with Crippen LogP contribution in [0.4, 0.5) is 5.69 Å². The van der Waals surface area contributed by atoms with Gasteiger partial charge in [-0.25, -0.2) is 5.43 Å². The number of benzene rings is 2. The number of anilines is 1. The Kier molecular flexibility index (Phi) is 10.3. The zero-order chi connectivity index (χ0) is 26.7. The first-order chi connectivity index (χ1) is 18.5. The first-order valence-corrected chi connectivity index (χ1v) is 13.4. The molecule has 0 aromatic heterocycles. The van der Waals surface area contributed by atoms with E-state index in [0.29, 0.717) is 30.9 Å². The molecule has 204 valence electrons. The summed E-state index contributed by atoms with van der Waals surface area (Å²) in [6.07, 6.45) is 3.50. The molecule has 0 radical (unpaired) electrons. The van der Waals surface area contributed by atoms with Crippen molar-refractivity contribution in [2.45, 2.75) is 45.1 Å². The molecule has 0 saturated heterocycles. The van der Waals surface area contributed by atoms with Crippen LogP contribution in [0.2, 0.25) is 0 Å². The van der Waals surface area contributed by atoms with Crippen molar-refractivity contribution in [3.63, 3.8) is 0 Å². The SMILES string of the molecule is C[C@@H]1CC(=O)NN=C1c1ccc(NC(=O)CCNC[C@H](O)COc2ccc(CCOCC3CC3)cc2)cc1. The third kappa shape index (κ3) is 9.24. The topological polar surface area (TPSA) is 121 Å². The molecule has 2 amide bonds. The summed E-state index contributed by atoms with van der Waals surface area (Å²) in [4.78, 5) is 23.7. The van der Waals surface area contributed by atoms with Gasteiger partial charge in [-0.15, -0.1) is 0 Å². The van der Waals surface area contributed by atoms with Crippen molar-refractivity contribution >= 4 is 23.2 Å². The number of hydrazone groups is 1. The Balaban J connectivity index is 1.07.